The van der Waals surface area contributed by atoms with Crippen molar-refractivity contribution in [3.05, 3.63) is 53.0 Å². The maximum absolute atomic E-state index is 12.9. The van der Waals surface area contributed by atoms with Gasteiger partial charge in [-0.2, -0.15) is 0 Å². The second kappa shape index (κ2) is 6.50. The van der Waals surface area contributed by atoms with Gasteiger partial charge in [0.1, 0.15) is 11.6 Å². The molecular weight excluding hydrogens is 297 g/mol. The molecule has 1 aliphatic heterocycles. The van der Waals surface area contributed by atoms with Crippen LogP contribution in [0, 0.1) is 19.7 Å². The van der Waals surface area contributed by atoms with Crippen molar-refractivity contribution in [2.75, 3.05) is 26.2 Å². The Bertz CT molecular complexity index is 688. The minimum Gasteiger partial charge on any atom is -0.445 e. The van der Waals surface area contributed by atoms with E-state index in [1.165, 1.54) is 12.1 Å². The van der Waals surface area contributed by atoms with Crippen LogP contribution in [0.4, 0.5) is 4.39 Å². The van der Waals surface area contributed by atoms with Gasteiger partial charge in [-0.25, -0.2) is 9.37 Å². The predicted molar refractivity (Wildman–Crippen MR) is 83.6 cm³/mol. The number of hydrogen-bond donors (Lipinski definition) is 0. The summed E-state index contributed by atoms with van der Waals surface area (Å²) in [6.07, 6.45) is 0. The van der Waals surface area contributed by atoms with Crippen molar-refractivity contribution in [3.8, 4) is 0 Å². The number of aryl methyl sites for hydroxylation is 2. The highest BCUT2D eigenvalue weighted by atomic mass is 19.1. The van der Waals surface area contributed by atoms with Gasteiger partial charge in [-0.3, -0.25) is 9.69 Å². The lowest BCUT2D eigenvalue weighted by Gasteiger charge is -2.34. The Kier molecular flexibility index (Phi) is 4.43. The molecule has 0 radical (unpaired) electrons. The van der Waals surface area contributed by atoms with Crippen LogP contribution in [0.25, 0.3) is 0 Å². The molecule has 122 valence electrons. The van der Waals surface area contributed by atoms with E-state index < -0.39 is 0 Å². The summed E-state index contributed by atoms with van der Waals surface area (Å²) in [6.45, 7) is 7.17. The first kappa shape index (κ1) is 15.7. The number of rotatable bonds is 3. The quantitative estimate of drug-likeness (QED) is 0.872. The standard InChI is InChI=1S/C17H20FN3O2/c1-12-16(19-13(2)23-12)17(22)21-9-7-20(8-10-21)11-14-3-5-15(18)6-4-14/h3-6H,7-11H2,1-2H3. The highest BCUT2D eigenvalue weighted by molar-refractivity contribution is 5.93. The highest BCUT2D eigenvalue weighted by Crippen LogP contribution is 2.15. The molecule has 0 aliphatic carbocycles. The second-order valence-electron chi connectivity index (χ2n) is 5.83. The van der Waals surface area contributed by atoms with Crippen LogP contribution >= 0.6 is 0 Å². The molecule has 0 unspecified atom stereocenters. The fourth-order valence-electron chi connectivity index (χ4n) is 2.83. The normalized spacial score (nSPS) is 15.9. The summed E-state index contributed by atoms with van der Waals surface area (Å²) in [6, 6.07) is 6.55. The van der Waals surface area contributed by atoms with Gasteiger partial charge in [-0.15, -0.1) is 0 Å². The van der Waals surface area contributed by atoms with Gasteiger partial charge in [0.25, 0.3) is 5.91 Å². The molecular formula is C17H20FN3O2. The molecule has 0 spiro atoms. The number of halogens is 1. The maximum Gasteiger partial charge on any atom is 0.276 e. The molecule has 2 heterocycles. The Balaban J connectivity index is 1.57. The Hall–Kier alpha value is -2.21. The van der Waals surface area contributed by atoms with Gasteiger partial charge in [0.15, 0.2) is 11.6 Å². The Morgan fingerprint density at radius 2 is 1.83 bits per heavy atom. The number of benzene rings is 1. The molecule has 5 nitrogen and oxygen atoms in total. The number of carbonyl (C=O) groups excluding carboxylic acids is 1. The molecule has 1 saturated heterocycles. The van der Waals surface area contributed by atoms with Gasteiger partial charge in [0.05, 0.1) is 0 Å². The maximum atomic E-state index is 12.9. The Labute approximate surface area is 134 Å². The first-order chi connectivity index (χ1) is 11.0. The molecule has 3 rings (SSSR count). The van der Waals surface area contributed by atoms with Crippen molar-refractivity contribution < 1.29 is 13.6 Å². The van der Waals surface area contributed by atoms with Crippen molar-refractivity contribution in [2.45, 2.75) is 20.4 Å². The smallest absolute Gasteiger partial charge is 0.276 e. The molecule has 1 aromatic carbocycles. The summed E-state index contributed by atoms with van der Waals surface area (Å²) in [5.74, 6) is 0.797. The average molecular weight is 317 g/mol. The molecule has 1 aromatic heterocycles. The molecule has 1 fully saturated rings. The van der Waals surface area contributed by atoms with Crippen LogP contribution in [0.1, 0.15) is 27.7 Å². The summed E-state index contributed by atoms with van der Waals surface area (Å²) in [7, 11) is 0. The van der Waals surface area contributed by atoms with Crippen molar-refractivity contribution in [3.63, 3.8) is 0 Å². The van der Waals surface area contributed by atoms with Crippen molar-refractivity contribution in [1.29, 1.82) is 0 Å². The summed E-state index contributed by atoms with van der Waals surface area (Å²) >= 11 is 0. The summed E-state index contributed by atoms with van der Waals surface area (Å²) < 4.78 is 18.3. The first-order valence-electron chi connectivity index (χ1n) is 7.73. The van der Waals surface area contributed by atoms with Crippen LogP contribution in [0.15, 0.2) is 28.7 Å². The van der Waals surface area contributed by atoms with Gasteiger partial charge < -0.3 is 9.32 Å². The van der Waals surface area contributed by atoms with E-state index in [0.29, 0.717) is 30.4 Å². The average Bonchev–Trinajstić information content (AvgIpc) is 2.88. The zero-order valence-electron chi connectivity index (χ0n) is 13.4. The minimum atomic E-state index is -0.220. The number of carbonyl (C=O) groups is 1. The predicted octanol–water partition coefficient (Wildman–Crippen LogP) is 2.39. The Morgan fingerprint density at radius 3 is 2.39 bits per heavy atom. The fourth-order valence-corrected chi connectivity index (χ4v) is 2.83. The van der Waals surface area contributed by atoms with Gasteiger partial charge in [0, 0.05) is 39.6 Å². The monoisotopic (exact) mass is 317 g/mol. The third-order valence-electron chi connectivity index (χ3n) is 4.09. The second-order valence-corrected chi connectivity index (χ2v) is 5.83. The number of nitrogens with zero attached hydrogens (tertiary/aromatic N) is 3. The lowest BCUT2D eigenvalue weighted by Crippen LogP contribution is -2.48. The zero-order chi connectivity index (χ0) is 16.4. The van der Waals surface area contributed by atoms with E-state index >= 15 is 0 Å². The largest absolute Gasteiger partial charge is 0.445 e. The van der Waals surface area contributed by atoms with E-state index in [4.69, 9.17) is 4.42 Å². The van der Waals surface area contributed by atoms with E-state index in [1.54, 1.807) is 26.0 Å². The van der Waals surface area contributed by atoms with Crippen LogP contribution in [0.2, 0.25) is 0 Å². The van der Waals surface area contributed by atoms with Crippen LogP contribution in [-0.2, 0) is 6.54 Å². The third kappa shape index (κ3) is 3.59. The summed E-state index contributed by atoms with van der Waals surface area (Å²) in [5, 5.41) is 0. The van der Waals surface area contributed by atoms with Crippen molar-refractivity contribution in [1.82, 2.24) is 14.8 Å². The number of oxazole rings is 1. The highest BCUT2D eigenvalue weighted by Gasteiger charge is 2.25. The van der Waals surface area contributed by atoms with Crippen LogP contribution < -0.4 is 0 Å². The fraction of sp³-hybridized carbons (Fsp3) is 0.412. The van der Waals surface area contributed by atoms with Crippen LogP contribution in [0.3, 0.4) is 0 Å². The van der Waals surface area contributed by atoms with Crippen LogP contribution in [-0.4, -0.2) is 46.9 Å². The number of hydrogen-bond acceptors (Lipinski definition) is 4. The molecule has 1 aliphatic rings. The molecule has 1 amide bonds. The molecule has 0 atom stereocenters. The summed E-state index contributed by atoms with van der Waals surface area (Å²) in [5.41, 5.74) is 1.49. The molecule has 23 heavy (non-hydrogen) atoms. The van der Waals surface area contributed by atoms with E-state index in [2.05, 4.69) is 9.88 Å². The molecule has 0 bridgehead atoms. The molecule has 6 heteroatoms. The van der Waals surface area contributed by atoms with E-state index in [-0.39, 0.29) is 11.7 Å². The van der Waals surface area contributed by atoms with E-state index in [1.807, 2.05) is 4.90 Å². The lowest BCUT2D eigenvalue weighted by molar-refractivity contribution is 0.0621. The first-order valence-corrected chi connectivity index (χ1v) is 7.73. The molecule has 2 aromatic rings. The number of aromatic nitrogens is 1. The van der Waals surface area contributed by atoms with Gasteiger partial charge in [-0.05, 0) is 24.6 Å². The minimum absolute atomic E-state index is 0.0687. The third-order valence-corrected chi connectivity index (χ3v) is 4.09. The SMILES string of the molecule is Cc1nc(C(=O)N2CCN(Cc3ccc(F)cc3)CC2)c(C)o1. The van der Waals surface area contributed by atoms with E-state index in [0.717, 1.165) is 25.2 Å². The van der Waals surface area contributed by atoms with Crippen molar-refractivity contribution in [2.24, 2.45) is 0 Å². The van der Waals surface area contributed by atoms with Gasteiger partial charge in [0.2, 0.25) is 0 Å². The number of amides is 1. The molecule has 0 saturated carbocycles. The zero-order valence-corrected chi connectivity index (χ0v) is 13.4. The van der Waals surface area contributed by atoms with Gasteiger partial charge in [-0.1, -0.05) is 12.1 Å². The topological polar surface area (TPSA) is 49.6 Å². The Morgan fingerprint density at radius 1 is 1.17 bits per heavy atom. The molecule has 0 N–H and O–H groups in total. The summed E-state index contributed by atoms with van der Waals surface area (Å²) in [4.78, 5) is 20.7. The number of piperazine rings is 1. The lowest BCUT2D eigenvalue weighted by atomic mass is 10.2. The van der Waals surface area contributed by atoms with E-state index in [9.17, 15) is 9.18 Å². The van der Waals surface area contributed by atoms with Crippen LogP contribution in [0.5, 0.6) is 0 Å². The van der Waals surface area contributed by atoms with Gasteiger partial charge >= 0.3 is 0 Å². The van der Waals surface area contributed by atoms with Crippen molar-refractivity contribution >= 4 is 5.91 Å².